The van der Waals surface area contributed by atoms with Crippen LogP contribution in [-0.2, 0) is 9.53 Å². The first-order chi connectivity index (χ1) is 5.59. The quantitative estimate of drug-likeness (QED) is 0.621. The lowest BCUT2D eigenvalue weighted by Gasteiger charge is -2.13. The highest BCUT2D eigenvalue weighted by molar-refractivity contribution is 8.00. The van der Waals surface area contributed by atoms with Gasteiger partial charge in [0.1, 0.15) is 6.10 Å². The molecule has 0 aromatic rings. The zero-order valence-electron chi connectivity index (χ0n) is 7.87. The molecule has 1 saturated heterocycles. The van der Waals surface area contributed by atoms with Gasteiger partial charge in [-0.3, -0.25) is 4.79 Å². The molecule has 0 spiro atoms. The molecule has 1 rings (SSSR count). The van der Waals surface area contributed by atoms with Crippen LogP contribution in [0.1, 0.15) is 27.2 Å². The summed E-state index contributed by atoms with van der Waals surface area (Å²) in [7, 11) is 0. The zero-order valence-corrected chi connectivity index (χ0v) is 8.69. The van der Waals surface area contributed by atoms with Crippen LogP contribution in [-0.4, -0.2) is 23.1 Å². The van der Waals surface area contributed by atoms with E-state index >= 15 is 0 Å². The molecule has 1 heterocycles. The maximum absolute atomic E-state index is 10.6. The molecule has 70 valence electrons. The molecule has 2 atom stereocenters. The highest BCUT2D eigenvalue weighted by Crippen LogP contribution is 2.33. The molecule has 1 fully saturated rings. The Morgan fingerprint density at radius 1 is 1.58 bits per heavy atom. The van der Waals surface area contributed by atoms with Gasteiger partial charge in [-0.2, -0.15) is 11.8 Å². The molecule has 12 heavy (non-hydrogen) atoms. The summed E-state index contributed by atoms with van der Waals surface area (Å²) < 4.78 is 5.13. The molecular formula is C9H16O2S. The number of rotatable bonds is 2. The Morgan fingerprint density at radius 3 is 2.67 bits per heavy atom. The fourth-order valence-corrected chi connectivity index (χ4v) is 2.81. The fraction of sp³-hybridized carbons (Fsp3) is 0.889. The van der Waals surface area contributed by atoms with Crippen molar-refractivity contribution in [3.05, 3.63) is 0 Å². The minimum absolute atomic E-state index is 0.148. The second kappa shape index (κ2) is 4.17. The van der Waals surface area contributed by atoms with E-state index in [4.69, 9.17) is 4.74 Å². The molecule has 0 radical (unpaired) electrons. The van der Waals surface area contributed by atoms with E-state index in [9.17, 15) is 4.79 Å². The second-order valence-electron chi connectivity index (χ2n) is 3.58. The first-order valence-electron chi connectivity index (χ1n) is 4.38. The summed E-state index contributed by atoms with van der Waals surface area (Å²) in [6, 6.07) is 0. The average molecular weight is 188 g/mol. The molecule has 0 saturated carbocycles. The first-order valence-corrected chi connectivity index (χ1v) is 5.43. The van der Waals surface area contributed by atoms with Gasteiger partial charge in [0.2, 0.25) is 0 Å². The van der Waals surface area contributed by atoms with Crippen molar-refractivity contribution in [2.75, 3.05) is 5.75 Å². The Morgan fingerprint density at radius 2 is 2.25 bits per heavy atom. The Bertz CT molecular complexity index is 168. The first kappa shape index (κ1) is 9.90. The highest BCUT2D eigenvalue weighted by Gasteiger charge is 2.29. The van der Waals surface area contributed by atoms with Crippen molar-refractivity contribution in [3.8, 4) is 0 Å². The predicted octanol–water partition coefficient (Wildman–Crippen LogP) is 2.08. The topological polar surface area (TPSA) is 26.3 Å². The van der Waals surface area contributed by atoms with Crippen LogP contribution in [0.5, 0.6) is 0 Å². The molecular weight excluding hydrogens is 172 g/mol. The fourth-order valence-electron chi connectivity index (χ4n) is 1.41. The van der Waals surface area contributed by atoms with Crippen LogP contribution in [0.2, 0.25) is 0 Å². The van der Waals surface area contributed by atoms with E-state index in [0.29, 0.717) is 11.2 Å². The van der Waals surface area contributed by atoms with Crippen molar-refractivity contribution in [1.29, 1.82) is 0 Å². The largest absolute Gasteiger partial charge is 0.462 e. The lowest BCUT2D eigenvalue weighted by atomic mass is 10.1. The molecule has 0 aromatic heterocycles. The summed E-state index contributed by atoms with van der Waals surface area (Å²) in [6.07, 6.45) is 1.20. The van der Waals surface area contributed by atoms with Gasteiger partial charge in [-0.1, -0.05) is 13.8 Å². The third-order valence-electron chi connectivity index (χ3n) is 2.07. The molecule has 0 N–H and O–H groups in total. The molecule has 0 bridgehead atoms. The standard InChI is InChI=1S/C9H16O2S/c1-6(2)9-4-8(5-12-9)11-7(3)10/h6,8-9H,4-5H2,1-3H3/t8-,9-/m1/s1. The van der Waals surface area contributed by atoms with Crippen molar-refractivity contribution in [2.24, 2.45) is 5.92 Å². The minimum atomic E-state index is -0.148. The Kier molecular flexibility index (Phi) is 3.44. The van der Waals surface area contributed by atoms with Gasteiger partial charge < -0.3 is 4.74 Å². The van der Waals surface area contributed by atoms with Crippen molar-refractivity contribution in [2.45, 2.75) is 38.5 Å². The molecule has 3 heteroatoms. The van der Waals surface area contributed by atoms with Gasteiger partial charge >= 0.3 is 5.97 Å². The van der Waals surface area contributed by atoms with E-state index < -0.39 is 0 Å². The summed E-state index contributed by atoms with van der Waals surface area (Å²) >= 11 is 1.92. The molecule has 1 aliphatic heterocycles. The molecule has 2 nitrogen and oxygen atoms in total. The van der Waals surface area contributed by atoms with E-state index in [1.165, 1.54) is 6.92 Å². The molecule has 0 amide bonds. The summed E-state index contributed by atoms with van der Waals surface area (Å²) in [4.78, 5) is 10.6. The number of hydrogen-bond donors (Lipinski definition) is 0. The van der Waals surface area contributed by atoms with Gasteiger partial charge in [0.15, 0.2) is 0 Å². The Labute approximate surface area is 78.1 Å². The van der Waals surface area contributed by atoms with Crippen LogP contribution in [0.4, 0.5) is 0 Å². The number of carbonyl (C=O) groups excluding carboxylic acids is 1. The molecule has 0 aliphatic carbocycles. The van der Waals surface area contributed by atoms with E-state index in [2.05, 4.69) is 13.8 Å². The summed E-state index contributed by atoms with van der Waals surface area (Å²) in [5.74, 6) is 1.52. The van der Waals surface area contributed by atoms with Gasteiger partial charge in [-0.25, -0.2) is 0 Å². The number of thioether (sulfide) groups is 1. The van der Waals surface area contributed by atoms with Crippen LogP contribution in [0.15, 0.2) is 0 Å². The van der Waals surface area contributed by atoms with Gasteiger partial charge in [-0.15, -0.1) is 0 Å². The number of ether oxygens (including phenoxy) is 1. The van der Waals surface area contributed by atoms with Gasteiger partial charge in [-0.05, 0) is 12.3 Å². The van der Waals surface area contributed by atoms with Crippen molar-refractivity contribution >= 4 is 17.7 Å². The summed E-state index contributed by atoms with van der Waals surface area (Å²) in [5, 5.41) is 0.675. The van der Waals surface area contributed by atoms with E-state index in [1.807, 2.05) is 11.8 Å². The van der Waals surface area contributed by atoms with Gasteiger partial charge in [0.05, 0.1) is 0 Å². The summed E-state index contributed by atoms with van der Waals surface area (Å²) in [6.45, 7) is 5.91. The highest BCUT2D eigenvalue weighted by atomic mass is 32.2. The average Bonchev–Trinajstić information content (AvgIpc) is 2.34. The van der Waals surface area contributed by atoms with Gasteiger partial charge in [0.25, 0.3) is 0 Å². The van der Waals surface area contributed by atoms with E-state index in [0.717, 1.165) is 12.2 Å². The van der Waals surface area contributed by atoms with Crippen molar-refractivity contribution < 1.29 is 9.53 Å². The van der Waals surface area contributed by atoms with Crippen LogP contribution < -0.4 is 0 Å². The third-order valence-corrected chi connectivity index (χ3v) is 3.80. The number of hydrogen-bond acceptors (Lipinski definition) is 3. The smallest absolute Gasteiger partial charge is 0.302 e. The van der Waals surface area contributed by atoms with Gasteiger partial charge in [0, 0.05) is 17.9 Å². The van der Waals surface area contributed by atoms with Crippen LogP contribution in [0, 0.1) is 5.92 Å². The van der Waals surface area contributed by atoms with Crippen molar-refractivity contribution in [3.63, 3.8) is 0 Å². The van der Waals surface area contributed by atoms with Crippen LogP contribution >= 0.6 is 11.8 Å². The zero-order chi connectivity index (χ0) is 9.14. The van der Waals surface area contributed by atoms with E-state index in [-0.39, 0.29) is 12.1 Å². The molecule has 1 aliphatic rings. The number of carbonyl (C=O) groups is 1. The molecule has 0 aromatic carbocycles. The van der Waals surface area contributed by atoms with Crippen molar-refractivity contribution in [1.82, 2.24) is 0 Å². The normalized spacial score (nSPS) is 29.3. The Balaban J connectivity index is 2.30. The van der Waals surface area contributed by atoms with Crippen LogP contribution in [0.25, 0.3) is 0 Å². The molecule has 0 unspecified atom stereocenters. The lowest BCUT2D eigenvalue weighted by molar-refractivity contribution is -0.145. The minimum Gasteiger partial charge on any atom is -0.462 e. The summed E-state index contributed by atoms with van der Waals surface area (Å²) in [5.41, 5.74) is 0. The second-order valence-corrected chi connectivity index (χ2v) is 4.86. The predicted molar refractivity (Wildman–Crippen MR) is 51.3 cm³/mol. The van der Waals surface area contributed by atoms with E-state index in [1.54, 1.807) is 0 Å². The van der Waals surface area contributed by atoms with Crippen LogP contribution in [0.3, 0.4) is 0 Å². The maximum atomic E-state index is 10.6. The third kappa shape index (κ3) is 2.70. The monoisotopic (exact) mass is 188 g/mol. The Hall–Kier alpha value is -0.180. The lowest BCUT2D eigenvalue weighted by Crippen LogP contribution is -2.17. The SMILES string of the molecule is CC(=O)O[C@H]1CS[C@@H](C(C)C)C1. The maximum Gasteiger partial charge on any atom is 0.302 e. The number of esters is 1.